The average Bonchev–Trinajstić information content (AvgIpc) is 2.95. The van der Waals surface area contributed by atoms with Gasteiger partial charge in [-0.25, -0.2) is 9.97 Å². The first kappa shape index (κ1) is 15.5. The van der Waals surface area contributed by atoms with Crippen LogP contribution in [0.4, 0.5) is 11.6 Å². The number of nitrogens with one attached hydrogen (secondary N) is 1. The van der Waals surface area contributed by atoms with Crippen molar-refractivity contribution in [3.63, 3.8) is 0 Å². The van der Waals surface area contributed by atoms with Crippen molar-refractivity contribution in [1.29, 1.82) is 0 Å². The van der Waals surface area contributed by atoms with E-state index < -0.39 is 0 Å². The van der Waals surface area contributed by atoms with Gasteiger partial charge in [-0.3, -0.25) is 4.79 Å². The minimum atomic E-state index is -0.272. The lowest BCUT2D eigenvalue weighted by molar-refractivity contribution is -0.119. The van der Waals surface area contributed by atoms with Crippen LogP contribution in [0, 0.1) is 0 Å². The van der Waals surface area contributed by atoms with Crippen molar-refractivity contribution in [3.05, 3.63) is 11.9 Å². The topological polar surface area (TPSA) is 84.1 Å². The number of anilines is 2. The molecule has 21 heavy (non-hydrogen) atoms. The first-order chi connectivity index (χ1) is 10.2. The van der Waals surface area contributed by atoms with Gasteiger partial charge in [0.2, 0.25) is 5.91 Å². The Balaban J connectivity index is 2.27. The molecular formula is C15H25N5O. The predicted molar refractivity (Wildman–Crippen MR) is 84.4 cm³/mol. The molecule has 0 saturated carbocycles. The summed E-state index contributed by atoms with van der Waals surface area (Å²) in [7, 11) is 0. The fourth-order valence-corrected chi connectivity index (χ4v) is 2.65. The summed E-state index contributed by atoms with van der Waals surface area (Å²) in [6.45, 7) is 5.92. The molecule has 1 fully saturated rings. The average molecular weight is 291 g/mol. The van der Waals surface area contributed by atoms with Crippen LogP contribution < -0.4 is 16.0 Å². The maximum Gasteiger partial charge on any atom is 0.240 e. The number of nitrogens with zero attached hydrogens (tertiary/aromatic N) is 3. The minimum absolute atomic E-state index is 0.242. The zero-order valence-electron chi connectivity index (χ0n) is 12.9. The summed E-state index contributed by atoms with van der Waals surface area (Å²) in [6.07, 6.45) is 4.65. The van der Waals surface area contributed by atoms with E-state index in [1.165, 1.54) is 0 Å². The van der Waals surface area contributed by atoms with E-state index in [0.717, 1.165) is 62.7 Å². The Bertz CT molecular complexity index is 491. The van der Waals surface area contributed by atoms with Crippen LogP contribution in [0.3, 0.4) is 0 Å². The number of aromatic nitrogens is 2. The Labute approximate surface area is 126 Å². The highest BCUT2D eigenvalue weighted by Crippen LogP contribution is 2.25. The maximum atomic E-state index is 11.6. The second-order valence-electron chi connectivity index (χ2n) is 5.46. The van der Waals surface area contributed by atoms with Gasteiger partial charge in [-0.15, -0.1) is 0 Å². The normalized spacial score (nSPS) is 18.0. The van der Waals surface area contributed by atoms with Gasteiger partial charge in [0.15, 0.2) is 0 Å². The van der Waals surface area contributed by atoms with Gasteiger partial charge in [0.25, 0.3) is 0 Å². The molecule has 1 aliphatic heterocycles. The third-order valence-corrected chi connectivity index (χ3v) is 3.66. The second kappa shape index (κ2) is 7.24. The van der Waals surface area contributed by atoms with E-state index >= 15 is 0 Å². The van der Waals surface area contributed by atoms with Crippen molar-refractivity contribution < 1.29 is 4.79 Å². The monoisotopic (exact) mass is 291 g/mol. The lowest BCUT2D eigenvalue weighted by atomic mass is 10.2. The Morgan fingerprint density at radius 1 is 1.43 bits per heavy atom. The summed E-state index contributed by atoms with van der Waals surface area (Å²) in [4.78, 5) is 22.7. The maximum absolute atomic E-state index is 11.6. The molecular weight excluding hydrogens is 266 g/mol. The summed E-state index contributed by atoms with van der Waals surface area (Å²) < 4.78 is 0. The molecule has 2 rings (SSSR count). The van der Waals surface area contributed by atoms with Crippen molar-refractivity contribution in [3.8, 4) is 0 Å². The molecule has 1 saturated heterocycles. The Hall–Kier alpha value is -1.85. The number of primary amides is 1. The van der Waals surface area contributed by atoms with Crippen molar-refractivity contribution in [2.45, 2.75) is 52.0 Å². The zero-order valence-corrected chi connectivity index (χ0v) is 12.9. The number of aryl methyl sites for hydroxylation is 1. The third kappa shape index (κ3) is 3.83. The molecule has 6 heteroatoms. The smallest absolute Gasteiger partial charge is 0.240 e. The van der Waals surface area contributed by atoms with Crippen LogP contribution in [-0.4, -0.2) is 35.0 Å². The van der Waals surface area contributed by atoms with E-state index in [1.54, 1.807) is 0 Å². The Morgan fingerprint density at radius 2 is 2.24 bits per heavy atom. The highest BCUT2D eigenvalue weighted by Gasteiger charge is 2.30. The lowest BCUT2D eigenvalue weighted by Gasteiger charge is -2.24. The van der Waals surface area contributed by atoms with Crippen LogP contribution in [-0.2, 0) is 11.2 Å². The third-order valence-electron chi connectivity index (χ3n) is 3.66. The highest BCUT2D eigenvalue weighted by molar-refractivity contribution is 5.84. The quantitative estimate of drug-likeness (QED) is 0.799. The van der Waals surface area contributed by atoms with E-state index in [2.05, 4.69) is 29.1 Å². The molecule has 0 radical (unpaired) electrons. The molecule has 1 unspecified atom stereocenters. The molecule has 0 aromatic carbocycles. The van der Waals surface area contributed by atoms with Crippen LogP contribution in [0.2, 0.25) is 0 Å². The molecule has 1 aliphatic rings. The number of carbonyl (C=O) groups is 1. The van der Waals surface area contributed by atoms with Crippen molar-refractivity contribution in [2.24, 2.45) is 5.73 Å². The van der Waals surface area contributed by atoms with Crippen LogP contribution in [0.5, 0.6) is 0 Å². The standard InChI is InChI=1S/C15H25N5O/c1-3-6-12-18-13(17-8-4-2)10-14(19-12)20-9-5-7-11(20)15(16)21/h10-11H,3-9H2,1-2H3,(H2,16,21)(H,17,18,19). The molecule has 0 aliphatic carbocycles. The molecule has 1 aromatic heterocycles. The van der Waals surface area contributed by atoms with E-state index in [9.17, 15) is 4.79 Å². The van der Waals surface area contributed by atoms with Gasteiger partial charge in [0.05, 0.1) is 0 Å². The predicted octanol–water partition coefficient (Wildman–Crippen LogP) is 1.71. The number of hydrogen-bond donors (Lipinski definition) is 2. The minimum Gasteiger partial charge on any atom is -0.370 e. The Morgan fingerprint density at radius 3 is 2.90 bits per heavy atom. The van der Waals surface area contributed by atoms with Gasteiger partial charge in [0, 0.05) is 25.6 Å². The zero-order chi connectivity index (χ0) is 15.2. The molecule has 1 amide bonds. The number of hydrogen-bond acceptors (Lipinski definition) is 5. The van der Waals surface area contributed by atoms with Crippen LogP contribution in [0.1, 0.15) is 45.4 Å². The number of amides is 1. The first-order valence-corrected chi connectivity index (χ1v) is 7.83. The fraction of sp³-hybridized carbons (Fsp3) is 0.667. The molecule has 2 heterocycles. The lowest BCUT2D eigenvalue weighted by Crippen LogP contribution is -2.40. The van der Waals surface area contributed by atoms with Gasteiger partial charge < -0.3 is 16.0 Å². The van der Waals surface area contributed by atoms with Gasteiger partial charge in [-0.05, 0) is 25.7 Å². The summed E-state index contributed by atoms with van der Waals surface area (Å²) in [5.41, 5.74) is 5.50. The molecule has 1 atom stereocenters. The van der Waals surface area contributed by atoms with E-state index in [-0.39, 0.29) is 11.9 Å². The van der Waals surface area contributed by atoms with Gasteiger partial charge in [-0.1, -0.05) is 13.8 Å². The molecule has 0 spiro atoms. The molecule has 0 bridgehead atoms. The molecule has 3 N–H and O–H groups in total. The van der Waals surface area contributed by atoms with Crippen LogP contribution >= 0.6 is 0 Å². The first-order valence-electron chi connectivity index (χ1n) is 7.83. The van der Waals surface area contributed by atoms with Crippen molar-refractivity contribution >= 4 is 17.5 Å². The van der Waals surface area contributed by atoms with Gasteiger partial charge in [0.1, 0.15) is 23.5 Å². The number of carbonyl (C=O) groups excluding carboxylic acids is 1. The SMILES string of the molecule is CCCNc1cc(N2CCCC2C(N)=O)nc(CCC)n1. The van der Waals surface area contributed by atoms with E-state index in [0.29, 0.717) is 0 Å². The van der Waals surface area contributed by atoms with Crippen molar-refractivity contribution in [1.82, 2.24) is 9.97 Å². The molecule has 1 aromatic rings. The summed E-state index contributed by atoms with van der Waals surface area (Å²) in [5, 5.41) is 3.31. The van der Waals surface area contributed by atoms with Crippen LogP contribution in [0.15, 0.2) is 6.07 Å². The van der Waals surface area contributed by atoms with Crippen molar-refractivity contribution in [2.75, 3.05) is 23.3 Å². The highest BCUT2D eigenvalue weighted by atomic mass is 16.1. The Kier molecular flexibility index (Phi) is 5.36. The summed E-state index contributed by atoms with van der Waals surface area (Å²) in [6, 6.07) is 1.68. The van der Waals surface area contributed by atoms with E-state index in [4.69, 9.17) is 5.73 Å². The van der Waals surface area contributed by atoms with Crippen LogP contribution in [0.25, 0.3) is 0 Å². The fourth-order valence-electron chi connectivity index (χ4n) is 2.65. The van der Waals surface area contributed by atoms with Gasteiger partial charge in [-0.2, -0.15) is 0 Å². The molecule has 116 valence electrons. The summed E-state index contributed by atoms with van der Waals surface area (Å²) in [5.74, 6) is 2.20. The second-order valence-corrected chi connectivity index (χ2v) is 5.46. The molecule has 6 nitrogen and oxygen atoms in total. The number of nitrogens with two attached hydrogens (primary N) is 1. The summed E-state index contributed by atoms with van der Waals surface area (Å²) >= 11 is 0. The largest absolute Gasteiger partial charge is 0.370 e. The number of rotatable bonds is 7. The van der Waals surface area contributed by atoms with Gasteiger partial charge >= 0.3 is 0 Å². The van der Waals surface area contributed by atoms with E-state index in [1.807, 2.05) is 11.0 Å².